The molecule has 0 saturated heterocycles. The molecule has 3 aliphatic rings. The molecule has 3 heteroatoms. The number of fused-ring (bicyclic) bond motifs is 5. The minimum Gasteiger partial charge on any atom is -0.511 e. The lowest BCUT2D eigenvalue weighted by atomic mass is 9.80. The third-order valence-corrected chi connectivity index (χ3v) is 5.82. The lowest BCUT2D eigenvalue weighted by molar-refractivity contribution is -0.124. The number of rotatable bonds is 1. The van der Waals surface area contributed by atoms with E-state index in [1.54, 1.807) is 0 Å². The van der Waals surface area contributed by atoms with Gasteiger partial charge in [0.2, 0.25) is 0 Å². The van der Waals surface area contributed by atoms with Crippen molar-refractivity contribution >= 4 is 17.1 Å². The standard InChI is InChI=1S/C19H20O3/c1-8-6-9(2)13(10(3)7-8)16-18(21)14-11-4-5-12(17(11)20)15(14)19(16)22/h6-7,11-12,14-15,21H,4-5H2,1-3H3/t11-,12+,14?,15?/m1/s1. The van der Waals surface area contributed by atoms with Gasteiger partial charge in [-0.05, 0) is 50.3 Å². The maximum absolute atomic E-state index is 13.0. The van der Waals surface area contributed by atoms with Crippen LogP contribution in [0.25, 0.3) is 5.57 Å². The quantitative estimate of drug-likeness (QED) is 0.865. The van der Waals surface area contributed by atoms with Gasteiger partial charge in [-0.15, -0.1) is 0 Å². The normalized spacial score (nSPS) is 33.0. The average molecular weight is 296 g/mol. The van der Waals surface area contributed by atoms with Crippen LogP contribution >= 0.6 is 0 Å². The molecule has 1 aromatic carbocycles. The molecule has 2 unspecified atom stereocenters. The van der Waals surface area contributed by atoms with Crippen LogP contribution in [0.2, 0.25) is 0 Å². The number of Topliss-reactive ketones (excluding diaryl/α,β-unsaturated/α-hetero) is 2. The van der Waals surface area contributed by atoms with Gasteiger partial charge in [-0.2, -0.15) is 0 Å². The van der Waals surface area contributed by atoms with Crippen LogP contribution in [0.1, 0.15) is 35.1 Å². The third-order valence-electron chi connectivity index (χ3n) is 5.82. The Morgan fingerprint density at radius 2 is 1.50 bits per heavy atom. The molecule has 4 rings (SSSR count). The zero-order valence-electron chi connectivity index (χ0n) is 13.1. The molecule has 2 saturated carbocycles. The summed E-state index contributed by atoms with van der Waals surface area (Å²) in [5, 5.41) is 10.7. The summed E-state index contributed by atoms with van der Waals surface area (Å²) in [5.41, 5.74) is 4.54. The molecule has 0 spiro atoms. The summed E-state index contributed by atoms with van der Waals surface area (Å²) in [4.78, 5) is 25.2. The topological polar surface area (TPSA) is 54.4 Å². The highest BCUT2D eigenvalue weighted by Gasteiger charge is 2.62. The molecule has 2 bridgehead atoms. The first-order valence-corrected chi connectivity index (χ1v) is 8.01. The predicted molar refractivity (Wildman–Crippen MR) is 83.4 cm³/mol. The van der Waals surface area contributed by atoms with Gasteiger partial charge in [-0.25, -0.2) is 0 Å². The van der Waals surface area contributed by atoms with Crippen LogP contribution in [-0.4, -0.2) is 16.7 Å². The second-order valence-electron chi connectivity index (χ2n) is 7.14. The van der Waals surface area contributed by atoms with Crippen molar-refractivity contribution in [3.63, 3.8) is 0 Å². The van der Waals surface area contributed by atoms with E-state index in [9.17, 15) is 14.7 Å². The second-order valence-corrected chi connectivity index (χ2v) is 7.14. The fourth-order valence-corrected chi connectivity index (χ4v) is 5.12. The average Bonchev–Trinajstić information content (AvgIpc) is 3.02. The number of hydrogen-bond donors (Lipinski definition) is 1. The van der Waals surface area contributed by atoms with E-state index >= 15 is 0 Å². The summed E-state index contributed by atoms with van der Waals surface area (Å²) in [6, 6.07) is 4.09. The molecule has 1 aromatic rings. The molecule has 2 fully saturated rings. The first-order valence-electron chi connectivity index (χ1n) is 8.01. The molecule has 0 radical (unpaired) electrons. The largest absolute Gasteiger partial charge is 0.511 e. The van der Waals surface area contributed by atoms with Gasteiger partial charge in [0.1, 0.15) is 11.5 Å². The lowest BCUT2D eigenvalue weighted by Crippen LogP contribution is -2.24. The highest BCUT2D eigenvalue weighted by atomic mass is 16.3. The number of aliphatic hydroxyl groups is 1. The molecule has 0 aliphatic heterocycles. The van der Waals surface area contributed by atoms with E-state index in [1.807, 2.05) is 32.9 Å². The first-order chi connectivity index (χ1) is 10.4. The van der Waals surface area contributed by atoms with Gasteiger partial charge in [0, 0.05) is 23.7 Å². The van der Waals surface area contributed by atoms with Crippen molar-refractivity contribution in [2.45, 2.75) is 33.6 Å². The number of carbonyl (C=O) groups excluding carboxylic acids is 2. The van der Waals surface area contributed by atoms with Crippen LogP contribution < -0.4 is 0 Å². The van der Waals surface area contributed by atoms with Crippen LogP contribution in [-0.2, 0) is 9.59 Å². The molecule has 0 aromatic heterocycles. The third kappa shape index (κ3) is 1.52. The minimum atomic E-state index is -0.304. The van der Waals surface area contributed by atoms with E-state index in [0.717, 1.165) is 35.1 Å². The zero-order chi connectivity index (χ0) is 15.8. The van der Waals surface area contributed by atoms with Gasteiger partial charge in [0.25, 0.3) is 0 Å². The zero-order valence-corrected chi connectivity index (χ0v) is 13.1. The van der Waals surface area contributed by atoms with Gasteiger partial charge in [0.15, 0.2) is 5.78 Å². The highest BCUT2D eigenvalue weighted by Crippen LogP contribution is 2.58. The Morgan fingerprint density at radius 3 is 2.05 bits per heavy atom. The fourth-order valence-electron chi connectivity index (χ4n) is 5.12. The van der Waals surface area contributed by atoms with Crippen LogP contribution in [0, 0.1) is 44.4 Å². The van der Waals surface area contributed by atoms with Crippen molar-refractivity contribution in [3.8, 4) is 0 Å². The molecular formula is C19H20O3. The van der Waals surface area contributed by atoms with Crippen LogP contribution in [0.5, 0.6) is 0 Å². The molecule has 1 N–H and O–H groups in total. The van der Waals surface area contributed by atoms with Crippen molar-refractivity contribution in [3.05, 3.63) is 40.1 Å². The van der Waals surface area contributed by atoms with E-state index in [4.69, 9.17) is 0 Å². The summed E-state index contributed by atoms with van der Waals surface area (Å²) >= 11 is 0. The molecule has 0 heterocycles. The first kappa shape index (κ1) is 13.7. The van der Waals surface area contributed by atoms with Crippen molar-refractivity contribution < 1.29 is 14.7 Å². The Hall–Kier alpha value is -1.90. The second kappa shape index (κ2) is 4.31. The van der Waals surface area contributed by atoms with Gasteiger partial charge in [-0.1, -0.05) is 17.7 Å². The Bertz CT molecular complexity index is 733. The minimum absolute atomic E-state index is 0.0156. The molecule has 3 aliphatic carbocycles. The maximum Gasteiger partial charge on any atom is 0.171 e. The van der Waals surface area contributed by atoms with E-state index in [0.29, 0.717) is 5.57 Å². The van der Waals surface area contributed by atoms with E-state index in [2.05, 4.69) is 0 Å². The van der Waals surface area contributed by atoms with E-state index in [-0.39, 0.29) is 41.0 Å². The molecular weight excluding hydrogens is 276 g/mol. The summed E-state index contributed by atoms with van der Waals surface area (Å²) in [6.45, 7) is 6.00. The summed E-state index contributed by atoms with van der Waals surface area (Å²) in [6.07, 6.45) is 1.63. The number of aliphatic hydroxyl groups excluding tert-OH is 1. The summed E-state index contributed by atoms with van der Waals surface area (Å²) in [5.74, 6) is -0.499. The number of allylic oxidation sites excluding steroid dienone is 2. The van der Waals surface area contributed by atoms with Crippen molar-refractivity contribution in [1.29, 1.82) is 0 Å². The molecule has 114 valence electrons. The Labute approximate surface area is 130 Å². The van der Waals surface area contributed by atoms with E-state index in [1.165, 1.54) is 0 Å². The van der Waals surface area contributed by atoms with Gasteiger partial charge in [0.05, 0.1) is 5.57 Å². The monoisotopic (exact) mass is 296 g/mol. The van der Waals surface area contributed by atoms with Crippen LogP contribution in [0.4, 0.5) is 0 Å². The molecule has 0 amide bonds. The van der Waals surface area contributed by atoms with Crippen molar-refractivity contribution in [2.75, 3.05) is 0 Å². The molecule has 22 heavy (non-hydrogen) atoms. The van der Waals surface area contributed by atoms with Crippen molar-refractivity contribution in [2.24, 2.45) is 23.7 Å². The number of hydrogen-bond acceptors (Lipinski definition) is 3. The summed E-state index contributed by atoms with van der Waals surface area (Å²) < 4.78 is 0. The Balaban J connectivity index is 1.89. The number of carbonyl (C=O) groups is 2. The number of aryl methyl sites for hydroxylation is 3. The van der Waals surface area contributed by atoms with Gasteiger partial charge < -0.3 is 5.11 Å². The number of benzene rings is 1. The smallest absolute Gasteiger partial charge is 0.171 e. The van der Waals surface area contributed by atoms with Crippen LogP contribution in [0.15, 0.2) is 17.9 Å². The summed E-state index contributed by atoms with van der Waals surface area (Å²) in [7, 11) is 0. The van der Waals surface area contributed by atoms with Gasteiger partial charge in [-0.3, -0.25) is 9.59 Å². The SMILES string of the molecule is Cc1cc(C)c(C2=C(O)C3C(C2=O)[C@@H]2CC[C@H]3C2=O)c(C)c1. The van der Waals surface area contributed by atoms with Crippen molar-refractivity contribution in [1.82, 2.24) is 0 Å². The Kier molecular flexibility index (Phi) is 2.69. The van der Waals surface area contributed by atoms with Gasteiger partial charge >= 0.3 is 0 Å². The predicted octanol–water partition coefficient (Wildman–Crippen LogP) is 3.30. The fraction of sp³-hybridized carbons (Fsp3) is 0.474. The number of ketones is 2. The lowest BCUT2D eigenvalue weighted by Gasteiger charge is -2.21. The highest BCUT2D eigenvalue weighted by molar-refractivity contribution is 6.27. The van der Waals surface area contributed by atoms with E-state index < -0.39 is 0 Å². The molecule has 4 atom stereocenters. The molecule has 3 nitrogen and oxygen atoms in total. The maximum atomic E-state index is 13.0. The Morgan fingerprint density at radius 1 is 0.955 bits per heavy atom. The van der Waals surface area contributed by atoms with Crippen LogP contribution in [0.3, 0.4) is 0 Å².